The monoisotopic (exact) mass is 683 g/mol. The van der Waals surface area contributed by atoms with Crippen LogP contribution in [0.15, 0.2) is 48.6 Å². The summed E-state index contributed by atoms with van der Waals surface area (Å²) in [5.74, 6) is -0.892. The molecular formula is C37H66NO8P. The number of phosphoric acid groups is 1. The first-order valence-corrected chi connectivity index (χ1v) is 19.6. The summed E-state index contributed by atoms with van der Waals surface area (Å²) in [6.07, 6.45) is 35.7. The molecule has 0 spiro atoms. The third-order valence-corrected chi connectivity index (χ3v) is 8.17. The maximum atomic E-state index is 12.5. The Labute approximate surface area is 286 Å². The molecule has 0 aliphatic heterocycles. The fourth-order valence-corrected chi connectivity index (χ4v) is 5.21. The van der Waals surface area contributed by atoms with Crippen molar-refractivity contribution in [2.75, 3.05) is 26.4 Å². The highest BCUT2D eigenvalue weighted by molar-refractivity contribution is 7.47. The Morgan fingerprint density at radius 2 is 1.13 bits per heavy atom. The fraction of sp³-hybridized carbons (Fsp3) is 0.730. The minimum Gasteiger partial charge on any atom is -0.462 e. The van der Waals surface area contributed by atoms with Gasteiger partial charge in [-0.15, -0.1) is 0 Å². The van der Waals surface area contributed by atoms with Crippen molar-refractivity contribution >= 4 is 19.8 Å². The second-order valence-electron chi connectivity index (χ2n) is 11.7. The lowest BCUT2D eigenvalue weighted by atomic mass is 10.1. The molecule has 10 heteroatoms. The summed E-state index contributed by atoms with van der Waals surface area (Å²) in [7, 11) is -4.38. The summed E-state index contributed by atoms with van der Waals surface area (Å²) in [6.45, 7) is 3.57. The van der Waals surface area contributed by atoms with Crippen molar-refractivity contribution in [2.24, 2.45) is 5.73 Å². The van der Waals surface area contributed by atoms with Crippen molar-refractivity contribution in [1.82, 2.24) is 0 Å². The van der Waals surface area contributed by atoms with Crippen LogP contribution < -0.4 is 5.73 Å². The van der Waals surface area contributed by atoms with Crippen LogP contribution in [0.4, 0.5) is 0 Å². The number of allylic oxidation sites excluding steroid dienone is 8. The highest BCUT2D eigenvalue weighted by Crippen LogP contribution is 2.43. The lowest BCUT2D eigenvalue weighted by molar-refractivity contribution is -0.161. The number of rotatable bonds is 33. The van der Waals surface area contributed by atoms with Crippen LogP contribution in [0.1, 0.15) is 142 Å². The van der Waals surface area contributed by atoms with Gasteiger partial charge in [-0.2, -0.15) is 0 Å². The number of nitrogens with two attached hydrogens (primary N) is 1. The van der Waals surface area contributed by atoms with E-state index in [1.807, 2.05) is 0 Å². The molecule has 0 fully saturated rings. The summed E-state index contributed by atoms with van der Waals surface area (Å²) >= 11 is 0. The van der Waals surface area contributed by atoms with Gasteiger partial charge in [0.25, 0.3) is 0 Å². The molecule has 0 amide bonds. The van der Waals surface area contributed by atoms with Gasteiger partial charge in [-0.05, 0) is 70.6 Å². The first-order chi connectivity index (χ1) is 22.8. The molecule has 9 nitrogen and oxygen atoms in total. The van der Waals surface area contributed by atoms with Gasteiger partial charge in [0.1, 0.15) is 6.61 Å². The quantitative estimate of drug-likeness (QED) is 0.0300. The Kier molecular flexibility index (Phi) is 32.4. The zero-order valence-corrected chi connectivity index (χ0v) is 30.4. The van der Waals surface area contributed by atoms with Crippen LogP contribution in [-0.2, 0) is 32.7 Å². The van der Waals surface area contributed by atoms with Crippen LogP contribution in [0.2, 0.25) is 0 Å². The lowest BCUT2D eigenvalue weighted by Crippen LogP contribution is -2.29. The fourth-order valence-electron chi connectivity index (χ4n) is 4.44. The van der Waals surface area contributed by atoms with Gasteiger partial charge in [0.15, 0.2) is 6.10 Å². The summed E-state index contributed by atoms with van der Waals surface area (Å²) in [5.41, 5.74) is 5.32. The molecule has 0 aromatic rings. The maximum absolute atomic E-state index is 12.5. The number of esters is 2. The molecule has 272 valence electrons. The van der Waals surface area contributed by atoms with Gasteiger partial charge >= 0.3 is 19.8 Å². The Morgan fingerprint density at radius 3 is 1.77 bits per heavy atom. The smallest absolute Gasteiger partial charge is 0.462 e. The molecule has 0 saturated heterocycles. The number of hydrogen-bond acceptors (Lipinski definition) is 8. The predicted molar refractivity (Wildman–Crippen MR) is 192 cm³/mol. The number of carbonyl (C=O) groups excluding carboxylic acids is 2. The summed E-state index contributed by atoms with van der Waals surface area (Å²) < 4.78 is 32.5. The van der Waals surface area contributed by atoms with Crippen molar-refractivity contribution < 1.29 is 37.6 Å². The van der Waals surface area contributed by atoms with E-state index in [0.29, 0.717) is 12.8 Å². The number of hydrogen-bond donors (Lipinski definition) is 2. The van der Waals surface area contributed by atoms with E-state index >= 15 is 0 Å². The van der Waals surface area contributed by atoms with Crippen molar-refractivity contribution in [3.8, 4) is 0 Å². The molecule has 0 aliphatic carbocycles. The number of carbonyl (C=O) groups is 2. The van der Waals surface area contributed by atoms with Crippen LogP contribution in [0, 0.1) is 0 Å². The van der Waals surface area contributed by atoms with Gasteiger partial charge in [0.2, 0.25) is 0 Å². The van der Waals surface area contributed by atoms with Gasteiger partial charge in [-0.1, -0.05) is 107 Å². The number of unbranched alkanes of at least 4 members (excludes halogenated alkanes) is 12. The van der Waals surface area contributed by atoms with Crippen LogP contribution in [0.5, 0.6) is 0 Å². The average Bonchev–Trinajstić information content (AvgIpc) is 3.05. The summed E-state index contributed by atoms with van der Waals surface area (Å²) in [4.78, 5) is 34.6. The zero-order valence-electron chi connectivity index (χ0n) is 29.5. The Balaban J connectivity index is 4.34. The topological polar surface area (TPSA) is 134 Å². The molecule has 1 unspecified atom stereocenters. The largest absolute Gasteiger partial charge is 0.472 e. The standard InChI is InChI=1S/C37H66NO8P/c1-3-5-7-9-11-13-15-16-17-18-20-21-23-25-27-29-36(39)43-33-35(34-45-47(41,42)44-32-31-38)46-37(40)30-28-26-24-22-19-14-12-10-8-6-4-2/h10-13,16-17,20-21,35H,3-9,14-15,18-19,22-34,38H2,1-2H3,(H,41,42)/b12-10+,13-11+,17-16+,21-20+/t35-/m1/s1. The van der Waals surface area contributed by atoms with Gasteiger partial charge in [0, 0.05) is 19.4 Å². The third-order valence-electron chi connectivity index (χ3n) is 7.19. The van der Waals surface area contributed by atoms with Gasteiger partial charge in [0.05, 0.1) is 13.2 Å². The maximum Gasteiger partial charge on any atom is 0.472 e. The normalized spacial score (nSPS) is 14.0. The van der Waals surface area contributed by atoms with Gasteiger partial charge < -0.3 is 20.1 Å². The second-order valence-corrected chi connectivity index (χ2v) is 13.2. The highest BCUT2D eigenvalue weighted by atomic mass is 31.2. The number of ether oxygens (including phenoxy) is 2. The average molecular weight is 684 g/mol. The molecule has 0 aromatic heterocycles. The highest BCUT2D eigenvalue weighted by Gasteiger charge is 2.25. The second kappa shape index (κ2) is 33.9. The first-order valence-electron chi connectivity index (χ1n) is 18.1. The third kappa shape index (κ3) is 33.7. The Morgan fingerprint density at radius 1 is 0.638 bits per heavy atom. The molecule has 0 radical (unpaired) electrons. The van der Waals surface area contributed by atoms with Crippen molar-refractivity contribution in [2.45, 2.75) is 148 Å². The molecule has 3 N–H and O–H groups in total. The molecule has 0 aromatic carbocycles. The van der Waals surface area contributed by atoms with Crippen molar-refractivity contribution in [3.63, 3.8) is 0 Å². The number of phosphoric ester groups is 1. The Bertz CT molecular complexity index is 918. The molecule has 0 saturated carbocycles. The molecule has 2 atom stereocenters. The molecular weight excluding hydrogens is 617 g/mol. The summed E-state index contributed by atoms with van der Waals surface area (Å²) in [6, 6.07) is 0. The van der Waals surface area contributed by atoms with Gasteiger partial charge in [-0.25, -0.2) is 4.57 Å². The van der Waals surface area contributed by atoms with E-state index in [2.05, 4.69) is 62.5 Å². The van der Waals surface area contributed by atoms with Gasteiger partial charge in [-0.3, -0.25) is 18.6 Å². The summed E-state index contributed by atoms with van der Waals surface area (Å²) in [5, 5.41) is 0. The van der Waals surface area contributed by atoms with Crippen molar-refractivity contribution in [3.05, 3.63) is 48.6 Å². The molecule has 0 heterocycles. The van der Waals surface area contributed by atoms with Crippen LogP contribution in [0.25, 0.3) is 0 Å². The minimum atomic E-state index is -4.38. The van der Waals surface area contributed by atoms with E-state index in [1.54, 1.807) is 0 Å². The van der Waals surface area contributed by atoms with E-state index < -0.39 is 32.5 Å². The van der Waals surface area contributed by atoms with Crippen LogP contribution in [0.3, 0.4) is 0 Å². The predicted octanol–water partition coefficient (Wildman–Crippen LogP) is 9.60. The van der Waals surface area contributed by atoms with Crippen LogP contribution in [-0.4, -0.2) is 49.3 Å². The SMILES string of the molecule is CCCC/C=C/CCCCCCCC(=O)O[C@H](COC(=O)CCCC/C=C/C/C=C/C/C=C/CCCCC)COP(=O)(O)OCCN. The van der Waals surface area contributed by atoms with E-state index in [4.69, 9.17) is 24.3 Å². The zero-order chi connectivity index (χ0) is 34.7. The van der Waals surface area contributed by atoms with Crippen LogP contribution >= 0.6 is 7.82 Å². The van der Waals surface area contributed by atoms with E-state index in [0.717, 1.165) is 70.6 Å². The van der Waals surface area contributed by atoms with Crippen molar-refractivity contribution in [1.29, 1.82) is 0 Å². The minimum absolute atomic E-state index is 0.0452. The van der Waals surface area contributed by atoms with E-state index in [-0.39, 0.29) is 32.6 Å². The van der Waals surface area contributed by atoms with E-state index in [9.17, 15) is 19.0 Å². The first kappa shape index (κ1) is 45.0. The molecule has 47 heavy (non-hydrogen) atoms. The molecule has 0 aliphatic rings. The lowest BCUT2D eigenvalue weighted by Gasteiger charge is -2.19. The molecule has 0 rings (SSSR count). The Hall–Kier alpha value is -2.03. The van der Waals surface area contributed by atoms with E-state index in [1.165, 1.54) is 32.1 Å². The molecule has 0 bridgehead atoms.